The van der Waals surface area contributed by atoms with Gasteiger partial charge in [0, 0.05) is 18.7 Å². The van der Waals surface area contributed by atoms with E-state index in [-0.39, 0.29) is 18.7 Å². The molecule has 0 aliphatic carbocycles. The molecule has 1 heterocycles. The highest BCUT2D eigenvalue weighted by Gasteiger charge is 2.24. The fraction of sp³-hybridized carbons (Fsp3) is 0.643. The Morgan fingerprint density at radius 1 is 1.40 bits per heavy atom. The van der Waals surface area contributed by atoms with Crippen molar-refractivity contribution in [1.29, 1.82) is 0 Å². The summed E-state index contributed by atoms with van der Waals surface area (Å²) in [6.45, 7) is 6.13. The van der Waals surface area contributed by atoms with Crippen LogP contribution in [0.4, 0.5) is 0 Å². The molecule has 0 atom stereocenters. The maximum atomic E-state index is 11.7. The number of nitrogens with one attached hydrogen (secondary N) is 2. The highest BCUT2D eigenvalue weighted by molar-refractivity contribution is 5.77. The number of carboxylic acid groups (broad SMARTS) is 1. The molecule has 0 aliphatic rings. The lowest BCUT2D eigenvalue weighted by Crippen LogP contribution is -2.30. The van der Waals surface area contributed by atoms with Crippen molar-refractivity contribution >= 4 is 11.9 Å². The first-order valence-electron chi connectivity index (χ1n) is 6.77. The lowest BCUT2D eigenvalue weighted by atomic mass is 9.85. The number of aryl methyl sites for hydroxylation is 2. The normalized spacial score (nSPS) is 11.3. The van der Waals surface area contributed by atoms with Crippen LogP contribution in [0.25, 0.3) is 0 Å². The van der Waals surface area contributed by atoms with E-state index >= 15 is 0 Å². The summed E-state index contributed by atoms with van der Waals surface area (Å²) in [5.74, 6) is -0.974. The van der Waals surface area contributed by atoms with Gasteiger partial charge in [0.25, 0.3) is 0 Å². The van der Waals surface area contributed by atoms with Gasteiger partial charge in [-0.25, -0.2) is 0 Å². The third-order valence-electron chi connectivity index (χ3n) is 3.15. The topological polar surface area (TPSA) is 95.1 Å². The van der Waals surface area contributed by atoms with E-state index in [4.69, 9.17) is 5.11 Å². The molecule has 1 rings (SSSR count). The maximum Gasteiger partial charge on any atom is 0.303 e. The number of aromatic amines is 1. The van der Waals surface area contributed by atoms with Crippen LogP contribution in [0.2, 0.25) is 0 Å². The molecule has 0 saturated carbocycles. The van der Waals surface area contributed by atoms with Crippen molar-refractivity contribution in [3.8, 4) is 0 Å². The zero-order chi connectivity index (χ0) is 15.2. The van der Waals surface area contributed by atoms with Gasteiger partial charge >= 0.3 is 5.97 Å². The van der Waals surface area contributed by atoms with Crippen LogP contribution in [0.5, 0.6) is 0 Å². The van der Waals surface area contributed by atoms with E-state index in [0.717, 1.165) is 24.1 Å². The van der Waals surface area contributed by atoms with Crippen LogP contribution in [0.3, 0.4) is 0 Å². The molecule has 0 radical (unpaired) electrons. The molecule has 0 unspecified atom stereocenters. The predicted molar refractivity (Wildman–Crippen MR) is 75.3 cm³/mol. The highest BCUT2D eigenvalue weighted by Crippen LogP contribution is 2.24. The number of nitrogens with zero attached hydrogens (tertiary/aromatic N) is 1. The molecule has 0 aromatic carbocycles. The molecule has 0 fully saturated rings. The largest absolute Gasteiger partial charge is 0.481 e. The van der Waals surface area contributed by atoms with Gasteiger partial charge < -0.3 is 10.4 Å². The average molecular weight is 281 g/mol. The number of H-pyrrole nitrogens is 1. The highest BCUT2D eigenvalue weighted by atomic mass is 16.4. The number of aliphatic carboxylic acids is 1. The molecule has 112 valence electrons. The van der Waals surface area contributed by atoms with Gasteiger partial charge in [0.05, 0.1) is 12.6 Å². The number of aromatic nitrogens is 2. The SMILES string of the molecule is Cc1[nH]ncc1CCCNC(=O)CC(C)(C)CC(=O)O. The van der Waals surface area contributed by atoms with E-state index in [2.05, 4.69) is 15.5 Å². The van der Waals surface area contributed by atoms with Crippen molar-refractivity contribution in [3.05, 3.63) is 17.5 Å². The minimum Gasteiger partial charge on any atom is -0.481 e. The number of hydrogen-bond donors (Lipinski definition) is 3. The Hall–Kier alpha value is -1.85. The Morgan fingerprint density at radius 2 is 2.10 bits per heavy atom. The molecule has 0 saturated heterocycles. The van der Waals surface area contributed by atoms with Crippen molar-refractivity contribution < 1.29 is 14.7 Å². The lowest BCUT2D eigenvalue weighted by molar-refractivity contribution is -0.139. The molecule has 1 aromatic heterocycles. The standard InChI is InChI=1S/C14H23N3O3/c1-10-11(9-16-17-10)5-4-6-15-12(18)7-14(2,3)8-13(19)20/h9H,4-8H2,1-3H3,(H,15,18)(H,16,17)(H,19,20). The summed E-state index contributed by atoms with van der Waals surface area (Å²) < 4.78 is 0. The number of rotatable bonds is 8. The molecule has 0 spiro atoms. The first-order chi connectivity index (χ1) is 9.30. The second kappa shape index (κ2) is 7.07. The van der Waals surface area contributed by atoms with Crippen molar-refractivity contribution in [2.75, 3.05) is 6.54 Å². The predicted octanol–water partition coefficient (Wildman–Crippen LogP) is 1.66. The van der Waals surface area contributed by atoms with Gasteiger partial charge in [0.2, 0.25) is 5.91 Å². The van der Waals surface area contributed by atoms with E-state index in [9.17, 15) is 9.59 Å². The molecule has 20 heavy (non-hydrogen) atoms. The molecule has 0 bridgehead atoms. The summed E-state index contributed by atoms with van der Waals surface area (Å²) in [6, 6.07) is 0. The van der Waals surface area contributed by atoms with Crippen LogP contribution in [-0.2, 0) is 16.0 Å². The number of hydrogen-bond acceptors (Lipinski definition) is 3. The Bertz CT molecular complexity index is 466. The molecule has 6 heteroatoms. The molecule has 3 N–H and O–H groups in total. The van der Waals surface area contributed by atoms with Crippen molar-refractivity contribution in [2.45, 2.75) is 46.5 Å². The summed E-state index contributed by atoms with van der Waals surface area (Å²) in [5.41, 5.74) is 1.70. The summed E-state index contributed by atoms with van der Waals surface area (Å²) in [4.78, 5) is 22.4. The minimum atomic E-state index is -0.877. The first kappa shape index (κ1) is 16.2. The molecular formula is C14H23N3O3. The van der Waals surface area contributed by atoms with E-state index in [1.807, 2.05) is 6.92 Å². The lowest BCUT2D eigenvalue weighted by Gasteiger charge is -2.21. The maximum absolute atomic E-state index is 11.7. The zero-order valence-corrected chi connectivity index (χ0v) is 12.3. The molecule has 1 amide bonds. The van der Waals surface area contributed by atoms with Crippen LogP contribution in [-0.4, -0.2) is 33.7 Å². The van der Waals surface area contributed by atoms with Crippen molar-refractivity contribution in [1.82, 2.24) is 15.5 Å². The Morgan fingerprint density at radius 3 is 2.65 bits per heavy atom. The van der Waals surface area contributed by atoms with E-state index in [1.54, 1.807) is 20.0 Å². The van der Waals surface area contributed by atoms with Gasteiger partial charge in [-0.2, -0.15) is 5.10 Å². The summed E-state index contributed by atoms with van der Waals surface area (Å²) >= 11 is 0. The smallest absolute Gasteiger partial charge is 0.303 e. The monoisotopic (exact) mass is 281 g/mol. The quantitative estimate of drug-likeness (QED) is 0.631. The Kier molecular flexibility index (Phi) is 5.73. The molecular weight excluding hydrogens is 258 g/mol. The second-order valence-electron chi connectivity index (χ2n) is 5.89. The molecule has 1 aromatic rings. The van der Waals surface area contributed by atoms with E-state index in [1.165, 1.54) is 0 Å². The minimum absolute atomic E-state index is 0.00532. The third kappa shape index (κ3) is 5.86. The van der Waals surface area contributed by atoms with Gasteiger partial charge in [-0.05, 0) is 30.7 Å². The van der Waals surface area contributed by atoms with Crippen LogP contribution >= 0.6 is 0 Å². The van der Waals surface area contributed by atoms with Crippen molar-refractivity contribution in [3.63, 3.8) is 0 Å². The van der Waals surface area contributed by atoms with Crippen LogP contribution in [0.1, 0.15) is 44.4 Å². The van der Waals surface area contributed by atoms with Gasteiger partial charge in [-0.15, -0.1) is 0 Å². The summed E-state index contributed by atoms with van der Waals surface area (Å²) in [6.07, 6.45) is 3.72. The van der Waals surface area contributed by atoms with Gasteiger partial charge in [0.1, 0.15) is 0 Å². The number of carbonyl (C=O) groups is 2. The van der Waals surface area contributed by atoms with E-state index < -0.39 is 11.4 Å². The Balaban J connectivity index is 2.23. The van der Waals surface area contributed by atoms with E-state index in [0.29, 0.717) is 6.54 Å². The second-order valence-corrected chi connectivity index (χ2v) is 5.89. The van der Waals surface area contributed by atoms with Crippen molar-refractivity contribution in [2.24, 2.45) is 5.41 Å². The molecule has 6 nitrogen and oxygen atoms in total. The van der Waals surface area contributed by atoms with Gasteiger partial charge in [-0.3, -0.25) is 14.7 Å². The summed E-state index contributed by atoms with van der Waals surface area (Å²) in [7, 11) is 0. The van der Waals surface area contributed by atoms with Crippen LogP contribution in [0, 0.1) is 12.3 Å². The Labute approximate surface area is 119 Å². The molecule has 0 aliphatic heterocycles. The van der Waals surface area contributed by atoms with Crippen LogP contribution in [0.15, 0.2) is 6.20 Å². The number of carboxylic acids is 1. The van der Waals surface area contributed by atoms with Crippen LogP contribution < -0.4 is 5.32 Å². The number of amides is 1. The number of carbonyl (C=O) groups excluding carboxylic acids is 1. The third-order valence-corrected chi connectivity index (χ3v) is 3.15. The fourth-order valence-electron chi connectivity index (χ4n) is 2.10. The first-order valence-corrected chi connectivity index (χ1v) is 6.77. The van der Waals surface area contributed by atoms with Gasteiger partial charge in [-0.1, -0.05) is 13.8 Å². The summed E-state index contributed by atoms with van der Waals surface area (Å²) in [5, 5.41) is 18.4. The zero-order valence-electron chi connectivity index (χ0n) is 12.3. The fourth-order valence-corrected chi connectivity index (χ4v) is 2.10. The van der Waals surface area contributed by atoms with Gasteiger partial charge in [0.15, 0.2) is 0 Å². The average Bonchev–Trinajstić information content (AvgIpc) is 2.67.